The smallest absolute Gasteiger partial charge is 0.339 e. The first-order valence-electron chi connectivity index (χ1n) is 11.7. The third-order valence-electron chi connectivity index (χ3n) is 5.04. The lowest BCUT2D eigenvalue weighted by Gasteiger charge is -2.40. The number of hydrogen-bond acceptors (Lipinski definition) is 10. The zero-order valence-corrected chi connectivity index (χ0v) is 20.2. The molecule has 4 atom stereocenters. The number of rotatable bonds is 12. The summed E-state index contributed by atoms with van der Waals surface area (Å²) >= 11 is 0. The Morgan fingerprint density at radius 1 is 0.914 bits per heavy atom. The highest BCUT2D eigenvalue weighted by Gasteiger charge is 2.49. The summed E-state index contributed by atoms with van der Waals surface area (Å²) in [7, 11) is 0. The van der Waals surface area contributed by atoms with Gasteiger partial charge in [-0.25, -0.2) is 4.79 Å². The highest BCUT2D eigenvalue weighted by Crippen LogP contribution is 2.30. The van der Waals surface area contributed by atoms with Crippen LogP contribution in [-0.2, 0) is 33.3 Å². The van der Waals surface area contributed by atoms with Crippen LogP contribution >= 0.6 is 0 Å². The number of nitrogen functional groups attached to an aromatic ring is 1. The van der Waals surface area contributed by atoms with Crippen LogP contribution in [0.4, 0.5) is 5.69 Å². The average molecular weight is 496 g/mol. The van der Waals surface area contributed by atoms with Crippen molar-refractivity contribution in [1.82, 2.24) is 0 Å². The lowest BCUT2D eigenvalue weighted by atomic mass is 10.0. The van der Waals surface area contributed by atoms with Crippen LogP contribution < -0.4 is 10.5 Å². The van der Waals surface area contributed by atoms with E-state index >= 15 is 0 Å². The molecule has 1 aliphatic rings. The van der Waals surface area contributed by atoms with Crippen molar-refractivity contribution in [3.05, 3.63) is 23.8 Å². The number of esters is 3. The van der Waals surface area contributed by atoms with Gasteiger partial charge in [0.1, 0.15) is 11.3 Å². The Morgan fingerprint density at radius 3 is 2.00 bits per heavy atom. The standard InChI is InChI=1S/C24H33NO10/c1-4-7-18(26)32-17-13-31-24(33-16-11-10-14(25)12-15(16)23(29)30)22(35-20(28)9-6-3)21(17)34-19(27)8-5-2/h10-12,17,21-22,24H,4-9,13,25H2,1-3H3,(H,29,30)/t17-,21-,22-,24?/m1/s1. The third-order valence-corrected chi connectivity index (χ3v) is 5.04. The maximum absolute atomic E-state index is 12.4. The molecule has 1 aromatic rings. The summed E-state index contributed by atoms with van der Waals surface area (Å²) in [4.78, 5) is 48.7. The second-order valence-corrected chi connectivity index (χ2v) is 8.07. The van der Waals surface area contributed by atoms with E-state index in [9.17, 15) is 24.3 Å². The van der Waals surface area contributed by atoms with Crippen LogP contribution in [-0.4, -0.2) is 60.2 Å². The summed E-state index contributed by atoms with van der Waals surface area (Å²) < 4.78 is 28.1. The highest BCUT2D eigenvalue weighted by atomic mass is 16.7. The number of aromatic carboxylic acids is 1. The molecule has 11 heteroatoms. The Hall–Kier alpha value is -3.34. The number of carboxylic acid groups (broad SMARTS) is 1. The molecule has 11 nitrogen and oxygen atoms in total. The number of anilines is 1. The average Bonchev–Trinajstić information content (AvgIpc) is 2.79. The lowest BCUT2D eigenvalue weighted by molar-refractivity contribution is -0.261. The van der Waals surface area contributed by atoms with E-state index in [0.29, 0.717) is 19.3 Å². The fourth-order valence-corrected chi connectivity index (χ4v) is 3.42. The van der Waals surface area contributed by atoms with Gasteiger partial charge in [-0.15, -0.1) is 0 Å². The quantitative estimate of drug-likeness (QED) is 0.249. The SMILES string of the molecule is CCCC(=O)O[C@@H]1[C@H](OC(=O)CCC)COC(Oc2ccc(N)cc2C(=O)O)[C@@H]1OC(=O)CCC. The zero-order chi connectivity index (χ0) is 26.0. The van der Waals surface area contributed by atoms with Crippen LogP contribution in [0.2, 0.25) is 0 Å². The van der Waals surface area contributed by atoms with Gasteiger partial charge in [0, 0.05) is 24.9 Å². The molecule has 0 spiro atoms. The maximum Gasteiger partial charge on any atom is 0.339 e. The van der Waals surface area contributed by atoms with Gasteiger partial charge in [-0.05, 0) is 37.5 Å². The summed E-state index contributed by atoms with van der Waals surface area (Å²) in [6.07, 6.45) is -3.11. The fourth-order valence-electron chi connectivity index (χ4n) is 3.42. The first-order chi connectivity index (χ1) is 16.7. The normalized spacial score (nSPS) is 21.6. The number of nitrogens with two attached hydrogens (primary N) is 1. The van der Waals surface area contributed by atoms with E-state index in [4.69, 9.17) is 29.4 Å². The van der Waals surface area contributed by atoms with E-state index in [2.05, 4.69) is 0 Å². The minimum absolute atomic E-state index is 0.0708. The van der Waals surface area contributed by atoms with Gasteiger partial charge in [0.05, 0.1) is 6.61 Å². The van der Waals surface area contributed by atoms with Gasteiger partial charge in [0.15, 0.2) is 12.2 Å². The Labute approximate surface area is 203 Å². The second-order valence-electron chi connectivity index (χ2n) is 8.07. The number of carbonyl (C=O) groups excluding carboxylic acids is 3. The van der Waals surface area contributed by atoms with Crippen LogP contribution in [0, 0.1) is 0 Å². The van der Waals surface area contributed by atoms with Crippen molar-refractivity contribution in [2.24, 2.45) is 0 Å². The lowest BCUT2D eigenvalue weighted by Crippen LogP contribution is -2.59. The molecule has 35 heavy (non-hydrogen) atoms. The van der Waals surface area contributed by atoms with E-state index in [-0.39, 0.29) is 42.9 Å². The molecule has 3 N–H and O–H groups in total. The number of ether oxygens (including phenoxy) is 5. The van der Waals surface area contributed by atoms with Gasteiger partial charge >= 0.3 is 23.9 Å². The van der Waals surface area contributed by atoms with Crippen molar-refractivity contribution in [2.45, 2.75) is 83.9 Å². The molecule has 1 aromatic carbocycles. The largest absolute Gasteiger partial charge is 0.478 e. The fraction of sp³-hybridized carbons (Fsp3) is 0.583. The molecular weight excluding hydrogens is 462 g/mol. The minimum Gasteiger partial charge on any atom is -0.478 e. The third kappa shape index (κ3) is 8.13. The first kappa shape index (κ1) is 27.9. The van der Waals surface area contributed by atoms with Gasteiger partial charge in [0.25, 0.3) is 0 Å². The molecule has 1 saturated heterocycles. The first-order valence-corrected chi connectivity index (χ1v) is 11.7. The highest BCUT2D eigenvalue weighted by molar-refractivity contribution is 5.92. The maximum atomic E-state index is 12.4. The molecule has 0 radical (unpaired) electrons. The number of carbonyl (C=O) groups is 4. The summed E-state index contributed by atoms with van der Waals surface area (Å²) in [5, 5.41) is 9.53. The van der Waals surface area contributed by atoms with E-state index in [1.807, 2.05) is 6.92 Å². The van der Waals surface area contributed by atoms with Crippen LogP contribution in [0.1, 0.15) is 69.7 Å². The molecule has 194 valence electrons. The molecule has 0 amide bonds. The van der Waals surface area contributed by atoms with Crippen molar-refractivity contribution in [3.8, 4) is 5.75 Å². The molecule has 0 bridgehead atoms. The van der Waals surface area contributed by atoms with Gasteiger partial charge in [-0.2, -0.15) is 0 Å². The van der Waals surface area contributed by atoms with Crippen LogP contribution in [0.5, 0.6) is 5.75 Å². The molecule has 0 aliphatic carbocycles. The summed E-state index contributed by atoms with van der Waals surface area (Å²) in [6.45, 7) is 5.16. The Kier molecular flexibility index (Phi) is 10.8. The number of benzene rings is 1. The Morgan fingerprint density at radius 2 is 1.46 bits per heavy atom. The minimum atomic E-state index is -1.35. The molecule has 0 saturated carbocycles. The summed E-state index contributed by atoms with van der Waals surface area (Å²) in [5.41, 5.74) is 5.67. The molecule has 1 aliphatic heterocycles. The van der Waals surface area contributed by atoms with E-state index in [0.717, 1.165) is 0 Å². The molecule has 2 rings (SSSR count). The second kappa shape index (κ2) is 13.5. The predicted octanol–water partition coefficient (Wildman–Crippen LogP) is 2.84. The number of hydrogen-bond donors (Lipinski definition) is 2. The van der Waals surface area contributed by atoms with E-state index in [1.54, 1.807) is 13.8 Å². The molecule has 1 heterocycles. The Bertz CT molecular complexity index is 902. The molecule has 1 unspecified atom stereocenters. The summed E-state index contributed by atoms with van der Waals surface area (Å²) in [5.74, 6) is -3.09. The molecular formula is C24H33NO10. The molecule has 0 aromatic heterocycles. The van der Waals surface area contributed by atoms with Gasteiger partial charge in [0.2, 0.25) is 12.4 Å². The van der Waals surface area contributed by atoms with E-state index in [1.165, 1.54) is 18.2 Å². The van der Waals surface area contributed by atoms with Crippen molar-refractivity contribution >= 4 is 29.6 Å². The van der Waals surface area contributed by atoms with Crippen LogP contribution in [0.15, 0.2) is 18.2 Å². The van der Waals surface area contributed by atoms with Gasteiger partial charge < -0.3 is 34.5 Å². The van der Waals surface area contributed by atoms with Crippen LogP contribution in [0.3, 0.4) is 0 Å². The number of carboxylic acids is 1. The Balaban J connectivity index is 2.41. The summed E-state index contributed by atoms with van der Waals surface area (Å²) in [6, 6.07) is 4.00. The monoisotopic (exact) mass is 495 g/mol. The van der Waals surface area contributed by atoms with Crippen LogP contribution in [0.25, 0.3) is 0 Å². The van der Waals surface area contributed by atoms with Crippen molar-refractivity contribution in [2.75, 3.05) is 12.3 Å². The zero-order valence-electron chi connectivity index (χ0n) is 20.2. The predicted molar refractivity (Wildman–Crippen MR) is 123 cm³/mol. The van der Waals surface area contributed by atoms with Gasteiger partial charge in [-0.1, -0.05) is 20.8 Å². The molecule has 1 fully saturated rings. The van der Waals surface area contributed by atoms with E-state index < -0.39 is 48.5 Å². The van der Waals surface area contributed by atoms with Crippen molar-refractivity contribution < 1.29 is 48.0 Å². The van der Waals surface area contributed by atoms with Gasteiger partial charge in [-0.3, -0.25) is 14.4 Å². The van der Waals surface area contributed by atoms with Crippen molar-refractivity contribution in [3.63, 3.8) is 0 Å². The van der Waals surface area contributed by atoms with Crippen molar-refractivity contribution in [1.29, 1.82) is 0 Å². The topological polar surface area (TPSA) is 161 Å².